The maximum Gasteiger partial charge on any atom is 0.341 e. The first-order valence-corrected chi connectivity index (χ1v) is 16.2. The van der Waals surface area contributed by atoms with Crippen molar-refractivity contribution >= 4 is 57.2 Å². The molecule has 1 unspecified atom stereocenters. The Morgan fingerprint density at radius 2 is 1.90 bits per heavy atom. The van der Waals surface area contributed by atoms with Crippen molar-refractivity contribution in [3.05, 3.63) is 74.3 Å². The first-order chi connectivity index (χ1) is 20.4. The first-order valence-electron chi connectivity index (χ1n) is 13.7. The molecule has 0 saturated carbocycles. The summed E-state index contributed by atoms with van der Waals surface area (Å²) in [5, 5.41) is 16.5. The van der Waals surface area contributed by atoms with E-state index in [1.165, 1.54) is 46.6 Å². The van der Waals surface area contributed by atoms with Crippen molar-refractivity contribution in [2.45, 2.75) is 62.9 Å². The van der Waals surface area contributed by atoms with Gasteiger partial charge >= 0.3 is 5.97 Å². The quantitative estimate of drug-likeness (QED) is 0.125. The predicted octanol–water partition coefficient (Wildman–Crippen LogP) is 6.02. The predicted molar refractivity (Wildman–Crippen MR) is 162 cm³/mol. The number of fused-ring (bicyclic) bond motifs is 1. The minimum absolute atomic E-state index is 0.0753. The van der Waals surface area contributed by atoms with Crippen molar-refractivity contribution in [2.24, 2.45) is 0 Å². The molecule has 0 aliphatic heterocycles. The number of aromatic nitrogens is 3. The minimum Gasteiger partial charge on any atom is -0.462 e. The number of nitrogens with one attached hydrogen (secondary N) is 2. The van der Waals surface area contributed by atoms with Crippen LogP contribution in [0.25, 0.3) is 5.69 Å². The van der Waals surface area contributed by atoms with Crippen LogP contribution in [0.1, 0.15) is 69.4 Å². The number of esters is 1. The number of nitrogens with zero attached hydrogens (tertiary/aromatic N) is 3. The van der Waals surface area contributed by atoms with E-state index in [1.807, 2.05) is 5.38 Å². The highest BCUT2D eigenvalue weighted by Crippen LogP contribution is 2.38. The third-order valence-corrected chi connectivity index (χ3v) is 9.84. The Labute approximate surface area is 254 Å². The fraction of sp³-hybridized carbons (Fsp3) is 0.345. The van der Waals surface area contributed by atoms with Gasteiger partial charge in [0, 0.05) is 10.6 Å². The SMILES string of the molecule is CCOC(=O)c1c(NC(=O)C(C)Sc2nnc(CNC(=O)c3cccs3)n2-c2ccc(F)cc2)sc2c1CCCCC2. The molecule has 2 amide bonds. The maximum atomic E-state index is 13.7. The molecular formula is C29H30FN5O4S3. The van der Waals surface area contributed by atoms with Crippen LogP contribution in [0.4, 0.5) is 9.39 Å². The molecule has 1 aliphatic carbocycles. The van der Waals surface area contributed by atoms with Gasteiger partial charge in [-0.1, -0.05) is 24.2 Å². The lowest BCUT2D eigenvalue weighted by Crippen LogP contribution is -2.25. The van der Waals surface area contributed by atoms with Gasteiger partial charge in [-0.3, -0.25) is 14.2 Å². The number of anilines is 1. The molecule has 220 valence electrons. The number of thioether (sulfide) groups is 1. The summed E-state index contributed by atoms with van der Waals surface area (Å²) in [5.74, 6) is -0.936. The Bertz CT molecular complexity index is 1570. The third-order valence-electron chi connectivity index (χ3n) is 6.73. The number of ether oxygens (including phenoxy) is 1. The Kier molecular flexibility index (Phi) is 9.70. The van der Waals surface area contributed by atoms with Crippen molar-refractivity contribution in [2.75, 3.05) is 11.9 Å². The normalized spacial score (nSPS) is 13.6. The Morgan fingerprint density at radius 3 is 2.64 bits per heavy atom. The Hall–Kier alpha value is -3.55. The van der Waals surface area contributed by atoms with Crippen LogP contribution in [0.15, 0.2) is 46.9 Å². The molecular weight excluding hydrogens is 598 g/mol. The standard InChI is InChI=1S/C29H30FN5O4S3/c1-3-39-28(38)24-20-8-5-4-6-9-21(20)42-27(24)32-25(36)17(2)41-29-34-33-23(16-31-26(37)22-10-7-15-40-22)35(29)19-13-11-18(30)12-14-19/h7,10-15,17H,3-6,8-9,16H2,1-2H3,(H,31,37)(H,32,36). The second-order valence-corrected chi connectivity index (χ2v) is 13.0. The van der Waals surface area contributed by atoms with Crippen LogP contribution in [0.2, 0.25) is 0 Å². The van der Waals surface area contributed by atoms with E-state index in [0.29, 0.717) is 32.1 Å². The van der Waals surface area contributed by atoms with Gasteiger partial charge in [0.05, 0.1) is 28.8 Å². The third kappa shape index (κ3) is 6.74. The van der Waals surface area contributed by atoms with Crippen molar-refractivity contribution in [1.29, 1.82) is 0 Å². The van der Waals surface area contributed by atoms with Crippen LogP contribution >= 0.6 is 34.4 Å². The van der Waals surface area contributed by atoms with Gasteiger partial charge in [0.25, 0.3) is 5.91 Å². The Morgan fingerprint density at radius 1 is 1.12 bits per heavy atom. The van der Waals surface area contributed by atoms with E-state index in [-0.39, 0.29) is 25.0 Å². The molecule has 13 heteroatoms. The lowest BCUT2D eigenvalue weighted by atomic mass is 10.1. The van der Waals surface area contributed by atoms with Gasteiger partial charge in [-0.15, -0.1) is 32.9 Å². The number of carbonyl (C=O) groups is 3. The maximum absolute atomic E-state index is 13.7. The molecule has 2 N–H and O–H groups in total. The minimum atomic E-state index is -0.626. The zero-order chi connectivity index (χ0) is 29.6. The summed E-state index contributed by atoms with van der Waals surface area (Å²) in [7, 11) is 0. The van der Waals surface area contributed by atoms with Crippen molar-refractivity contribution in [3.8, 4) is 5.69 Å². The van der Waals surface area contributed by atoms with Gasteiger partial charge in [-0.25, -0.2) is 9.18 Å². The monoisotopic (exact) mass is 627 g/mol. The molecule has 0 spiro atoms. The summed E-state index contributed by atoms with van der Waals surface area (Å²) in [6, 6.07) is 9.34. The van der Waals surface area contributed by atoms with Crippen LogP contribution in [0.3, 0.4) is 0 Å². The molecule has 3 heterocycles. The van der Waals surface area contributed by atoms with E-state index in [0.717, 1.165) is 42.5 Å². The molecule has 42 heavy (non-hydrogen) atoms. The number of carbonyl (C=O) groups excluding carboxylic acids is 3. The summed E-state index contributed by atoms with van der Waals surface area (Å²) < 4.78 is 20.8. The Balaban J connectivity index is 1.37. The molecule has 9 nitrogen and oxygen atoms in total. The molecule has 1 aliphatic rings. The van der Waals surface area contributed by atoms with E-state index in [2.05, 4.69) is 20.8 Å². The zero-order valence-electron chi connectivity index (χ0n) is 23.1. The van der Waals surface area contributed by atoms with Crippen molar-refractivity contribution in [3.63, 3.8) is 0 Å². The van der Waals surface area contributed by atoms with Gasteiger partial charge in [0.1, 0.15) is 10.8 Å². The molecule has 4 aromatic rings. The van der Waals surface area contributed by atoms with E-state index in [9.17, 15) is 18.8 Å². The molecule has 3 aromatic heterocycles. The number of hydrogen-bond donors (Lipinski definition) is 2. The highest BCUT2D eigenvalue weighted by Gasteiger charge is 2.29. The van der Waals surface area contributed by atoms with Crippen LogP contribution in [0.5, 0.6) is 0 Å². The second kappa shape index (κ2) is 13.6. The molecule has 0 saturated heterocycles. The number of rotatable bonds is 10. The second-order valence-electron chi connectivity index (χ2n) is 9.61. The summed E-state index contributed by atoms with van der Waals surface area (Å²) in [4.78, 5) is 40.6. The van der Waals surface area contributed by atoms with Crippen molar-refractivity contribution < 1.29 is 23.5 Å². The number of aryl methyl sites for hydroxylation is 1. The topological polar surface area (TPSA) is 115 Å². The highest BCUT2D eigenvalue weighted by molar-refractivity contribution is 8.00. The highest BCUT2D eigenvalue weighted by atomic mass is 32.2. The van der Waals surface area contributed by atoms with Gasteiger partial charge in [-0.2, -0.15) is 0 Å². The van der Waals surface area contributed by atoms with Gasteiger partial charge in [-0.05, 0) is 80.8 Å². The van der Waals surface area contributed by atoms with Gasteiger partial charge in [0.15, 0.2) is 11.0 Å². The van der Waals surface area contributed by atoms with E-state index < -0.39 is 17.0 Å². The molecule has 1 atom stereocenters. The summed E-state index contributed by atoms with van der Waals surface area (Å²) >= 11 is 3.95. The molecule has 1 aromatic carbocycles. The van der Waals surface area contributed by atoms with E-state index >= 15 is 0 Å². The molecule has 0 bridgehead atoms. The largest absolute Gasteiger partial charge is 0.462 e. The average molecular weight is 628 g/mol. The molecule has 0 fully saturated rings. The molecule has 5 rings (SSSR count). The lowest BCUT2D eigenvalue weighted by molar-refractivity contribution is -0.115. The number of benzene rings is 1. The molecule has 0 radical (unpaired) electrons. The first kappa shape index (κ1) is 29.9. The van der Waals surface area contributed by atoms with Gasteiger partial charge in [0.2, 0.25) is 5.91 Å². The number of thiophene rings is 2. The number of amides is 2. The van der Waals surface area contributed by atoms with Crippen molar-refractivity contribution in [1.82, 2.24) is 20.1 Å². The van der Waals surface area contributed by atoms with Crippen LogP contribution in [-0.2, 0) is 28.9 Å². The summed E-state index contributed by atoms with van der Waals surface area (Å²) in [6.07, 6.45) is 4.80. The zero-order valence-corrected chi connectivity index (χ0v) is 25.6. The van der Waals surface area contributed by atoms with E-state index in [1.54, 1.807) is 42.7 Å². The fourth-order valence-corrected chi connectivity index (χ4v) is 7.48. The number of hydrogen-bond acceptors (Lipinski definition) is 9. The van der Waals surface area contributed by atoms with Crippen LogP contribution in [0, 0.1) is 5.82 Å². The number of halogens is 1. The summed E-state index contributed by atoms with van der Waals surface area (Å²) in [5.41, 5.74) is 2.03. The fourth-order valence-electron chi connectivity index (χ4n) is 4.67. The van der Waals surface area contributed by atoms with E-state index in [4.69, 9.17) is 4.74 Å². The van der Waals surface area contributed by atoms with Crippen LogP contribution < -0.4 is 10.6 Å². The lowest BCUT2D eigenvalue weighted by Gasteiger charge is -2.14. The smallest absolute Gasteiger partial charge is 0.341 e. The van der Waals surface area contributed by atoms with Gasteiger partial charge < -0.3 is 15.4 Å². The average Bonchev–Trinajstić information content (AvgIpc) is 3.69. The summed E-state index contributed by atoms with van der Waals surface area (Å²) in [6.45, 7) is 3.83. The van der Waals surface area contributed by atoms with Crippen LogP contribution in [-0.4, -0.2) is 44.4 Å².